The van der Waals surface area contributed by atoms with Crippen molar-refractivity contribution in [2.75, 3.05) is 20.1 Å². The van der Waals surface area contributed by atoms with Gasteiger partial charge in [0, 0.05) is 32.2 Å². The highest BCUT2D eigenvalue weighted by Gasteiger charge is 2.26. The van der Waals surface area contributed by atoms with Gasteiger partial charge in [0.1, 0.15) is 0 Å². The quantitative estimate of drug-likeness (QED) is 0.809. The average Bonchev–Trinajstić information content (AvgIpc) is 3.16. The van der Waals surface area contributed by atoms with E-state index in [0.29, 0.717) is 17.5 Å². The minimum atomic E-state index is -3.39. The lowest BCUT2D eigenvalue weighted by Gasteiger charge is -2.16. The molecule has 110 valence electrons. The third-order valence-corrected chi connectivity index (χ3v) is 5.50. The Kier molecular flexibility index (Phi) is 3.81. The standard InChI is InChI=1S/C14H21N3O2S/c1-17(13-3-4-13)7-6-16-20(18,19)14-5-2-11-9-15-10-12(11)8-14/h2,5,8,13,15-16H,3-4,6-7,9-10H2,1H3. The van der Waals surface area contributed by atoms with Crippen LogP contribution in [0.4, 0.5) is 0 Å². The van der Waals surface area contributed by atoms with Crippen molar-refractivity contribution in [3.8, 4) is 0 Å². The van der Waals surface area contributed by atoms with Gasteiger partial charge in [-0.05, 0) is 43.1 Å². The van der Waals surface area contributed by atoms with Crippen molar-refractivity contribution in [3.05, 3.63) is 29.3 Å². The second kappa shape index (κ2) is 5.44. The Morgan fingerprint density at radius 2 is 2.05 bits per heavy atom. The molecule has 1 aromatic carbocycles. The molecule has 1 aliphatic carbocycles. The minimum Gasteiger partial charge on any atom is -0.309 e. The lowest BCUT2D eigenvalue weighted by Crippen LogP contribution is -2.34. The van der Waals surface area contributed by atoms with Crippen LogP contribution < -0.4 is 10.0 Å². The molecule has 0 bridgehead atoms. The molecule has 1 aromatic rings. The van der Waals surface area contributed by atoms with E-state index < -0.39 is 10.0 Å². The molecule has 1 fully saturated rings. The van der Waals surface area contributed by atoms with Crippen molar-refractivity contribution in [3.63, 3.8) is 0 Å². The van der Waals surface area contributed by atoms with Crippen LogP contribution in [0.5, 0.6) is 0 Å². The zero-order chi connectivity index (χ0) is 14.2. The van der Waals surface area contributed by atoms with E-state index >= 15 is 0 Å². The van der Waals surface area contributed by atoms with E-state index in [4.69, 9.17) is 0 Å². The highest BCUT2D eigenvalue weighted by Crippen LogP contribution is 2.24. The summed E-state index contributed by atoms with van der Waals surface area (Å²) >= 11 is 0. The van der Waals surface area contributed by atoms with Crippen LogP contribution in [0.1, 0.15) is 24.0 Å². The number of nitrogens with one attached hydrogen (secondary N) is 2. The molecule has 1 heterocycles. The summed E-state index contributed by atoms with van der Waals surface area (Å²) in [6, 6.07) is 6.03. The summed E-state index contributed by atoms with van der Waals surface area (Å²) in [5.74, 6) is 0. The number of rotatable bonds is 6. The first-order chi connectivity index (χ1) is 9.56. The predicted octanol–water partition coefficient (Wildman–Crippen LogP) is 0.662. The maximum Gasteiger partial charge on any atom is 0.240 e. The minimum absolute atomic E-state index is 0.369. The molecule has 6 heteroatoms. The molecular formula is C14H21N3O2S. The molecule has 0 aromatic heterocycles. The molecule has 2 aliphatic rings. The van der Waals surface area contributed by atoms with Crippen molar-refractivity contribution in [2.24, 2.45) is 0 Å². The van der Waals surface area contributed by atoms with E-state index in [9.17, 15) is 8.42 Å². The summed E-state index contributed by atoms with van der Waals surface area (Å²) < 4.78 is 27.2. The molecule has 1 saturated carbocycles. The van der Waals surface area contributed by atoms with Gasteiger partial charge >= 0.3 is 0 Å². The Balaban J connectivity index is 1.62. The van der Waals surface area contributed by atoms with Crippen molar-refractivity contribution >= 4 is 10.0 Å². The topological polar surface area (TPSA) is 61.4 Å². The van der Waals surface area contributed by atoms with E-state index in [-0.39, 0.29) is 0 Å². The molecule has 2 N–H and O–H groups in total. The van der Waals surface area contributed by atoms with Gasteiger partial charge < -0.3 is 10.2 Å². The molecule has 3 rings (SSSR count). The van der Waals surface area contributed by atoms with Crippen LogP contribution in [-0.4, -0.2) is 39.5 Å². The largest absolute Gasteiger partial charge is 0.309 e. The van der Waals surface area contributed by atoms with Gasteiger partial charge in [0.15, 0.2) is 0 Å². The Morgan fingerprint density at radius 3 is 2.80 bits per heavy atom. The smallest absolute Gasteiger partial charge is 0.240 e. The van der Waals surface area contributed by atoms with E-state index in [1.165, 1.54) is 18.4 Å². The van der Waals surface area contributed by atoms with Gasteiger partial charge in [0.05, 0.1) is 4.90 Å². The average molecular weight is 295 g/mol. The van der Waals surface area contributed by atoms with Gasteiger partial charge in [0.2, 0.25) is 10.0 Å². The summed E-state index contributed by atoms with van der Waals surface area (Å²) in [6.07, 6.45) is 2.47. The van der Waals surface area contributed by atoms with Crippen LogP contribution in [0, 0.1) is 0 Å². The summed E-state index contributed by atoms with van der Waals surface area (Å²) in [4.78, 5) is 2.59. The van der Waals surface area contributed by atoms with Gasteiger partial charge in [-0.3, -0.25) is 0 Å². The molecule has 0 unspecified atom stereocenters. The zero-order valence-electron chi connectivity index (χ0n) is 11.7. The maximum absolute atomic E-state index is 12.2. The second-order valence-electron chi connectivity index (χ2n) is 5.64. The maximum atomic E-state index is 12.2. The van der Waals surface area contributed by atoms with Crippen LogP contribution >= 0.6 is 0 Å². The number of hydrogen-bond acceptors (Lipinski definition) is 4. The Morgan fingerprint density at radius 1 is 1.30 bits per heavy atom. The normalized spacial score (nSPS) is 18.5. The van der Waals surface area contributed by atoms with E-state index in [0.717, 1.165) is 25.2 Å². The Labute approximate surface area is 120 Å². The Hall–Kier alpha value is -0.950. The second-order valence-corrected chi connectivity index (χ2v) is 7.41. The number of sulfonamides is 1. The molecule has 5 nitrogen and oxygen atoms in total. The monoisotopic (exact) mass is 295 g/mol. The van der Waals surface area contributed by atoms with Crippen LogP contribution in [0.25, 0.3) is 0 Å². The summed E-state index contributed by atoms with van der Waals surface area (Å²) in [6.45, 7) is 2.81. The highest BCUT2D eigenvalue weighted by atomic mass is 32.2. The van der Waals surface area contributed by atoms with Crippen molar-refractivity contribution < 1.29 is 8.42 Å². The highest BCUT2D eigenvalue weighted by molar-refractivity contribution is 7.89. The van der Waals surface area contributed by atoms with Gasteiger partial charge in [0.25, 0.3) is 0 Å². The SMILES string of the molecule is CN(CCNS(=O)(=O)c1ccc2c(c1)CNC2)C1CC1. The van der Waals surface area contributed by atoms with Gasteiger partial charge in [-0.25, -0.2) is 13.1 Å². The lowest BCUT2D eigenvalue weighted by atomic mass is 10.1. The predicted molar refractivity (Wildman–Crippen MR) is 77.8 cm³/mol. The fourth-order valence-corrected chi connectivity index (χ4v) is 3.65. The molecule has 0 atom stereocenters. The first-order valence-electron chi connectivity index (χ1n) is 7.09. The third kappa shape index (κ3) is 3.03. The first-order valence-corrected chi connectivity index (χ1v) is 8.57. The van der Waals surface area contributed by atoms with E-state index in [1.54, 1.807) is 12.1 Å². The molecule has 1 aliphatic heterocycles. The van der Waals surface area contributed by atoms with Crippen LogP contribution in [-0.2, 0) is 23.1 Å². The van der Waals surface area contributed by atoms with Crippen molar-refractivity contribution in [1.82, 2.24) is 14.9 Å². The number of hydrogen-bond donors (Lipinski definition) is 2. The fourth-order valence-electron chi connectivity index (χ4n) is 2.58. The summed E-state index contributed by atoms with van der Waals surface area (Å²) in [7, 11) is -1.34. The molecular weight excluding hydrogens is 274 g/mol. The van der Waals surface area contributed by atoms with Crippen molar-refractivity contribution in [1.29, 1.82) is 0 Å². The summed E-state index contributed by atoms with van der Waals surface area (Å²) in [5.41, 5.74) is 2.28. The molecule has 0 spiro atoms. The Bertz CT molecular complexity index is 596. The number of nitrogens with zero attached hydrogens (tertiary/aromatic N) is 1. The zero-order valence-corrected chi connectivity index (χ0v) is 12.5. The van der Waals surface area contributed by atoms with Gasteiger partial charge in [-0.15, -0.1) is 0 Å². The van der Waals surface area contributed by atoms with Gasteiger partial charge in [-0.1, -0.05) is 6.07 Å². The van der Waals surface area contributed by atoms with Crippen LogP contribution in [0.15, 0.2) is 23.1 Å². The first kappa shape index (κ1) is 14.0. The van der Waals surface area contributed by atoms with Crippen molar-refractivity contribution in [2.45, 2.75) is 36.9 Å². The lowest BCUT2D eigenvalue weighted by molar-refractivity contribution is 0.329. The number of benzene rings is 1. The van der Waals surface area contributed by atoms with E-state index in [1.807, 2.05) is 13.1 Å². The molecule has 0 radical (unpaired) electrons. The van der Waals surface area contributed by atoms with Crippen LogP contribution in [0.3, 0.4) is 0 Å². The molecule has 0 amide bonds. The summed E-state index contributed by atoms with van der Waals surface area (Å²) in [5, 5.41) is 3.22. The van der Waals surface area contributed by atoms with E-state index in [2.05, 4.69) is 14.9 Å². The van der Waals surface area contributed by atoms with Crippen LogP contribution in [0.2, 0.25) is 0 Å². The number of fused-ring (bicyclic) bond motifs is 1. The number of likely N-dealkylation sites (N-methyl/N-ethyl adjacent to an activating group) is 1. The fraction of sp³-hybridized carbons (Fsp3) is 0.571. The molecule has 0 saturated heterocycles. The van der Waals surface area contributed by atoms with Gasteiger partial charge in [-0.2, -0.15) is 0 Å². The molecule has 20 heavy (non-hydrogen) atoms. The third-order valence-electron chi connectivity index (χ3n) is 4.05.